The molecule has 260 valence electrons. The third-order valence-electron chi connectivity index (χ3n) is 15.4. The lowest BCUT2D eigenvalue weighted by atomic mass is 9.43. The monoisotopic (exact) mass is 685 g/mol. The van der Waals surface area contributed by atoms with E-state index in [-0.39, 0.29) is 16.2 Å². The van der Waals surface area contributed by atoms with Crippen LogP contribution in [0.2, 0.25) is 0 Å². The summed E-state index contributed by atoms with van der Waals surface area (Å²) < 4.78 is 0. The minimum Gasteiger partial charge on any atom is -0.310 e. The van der Waals surface area contributed by atoms with Gasteiger partial charge in [0.2, 0.25) is 0 Å². The molecule has 0 radical (unpaired) electrons. The summed E-state index contributed by atoms with van der Waals surface area (Å²) in [5.74, 6) is 3.41. The molecule has 13 rings (SSSR count). The van der Waals surface area contributed by atoms with Crippen LogP contribution in [0.3, 0.4) is 0 Å². The molecule has 6 aromatic carbocycles. The molecule has 0 aromatic heterocycles. The van der Waals surface area contributed by atoms with E-state index in [4.69, 9.17) is 0 Å². The molecule has 4 saturated carbocycles. The summed E-state index contributed by atoms with van der Waals surface area (Å²) in [6.07, 6.45) is 7.12. The SMILES string of the molecule is CC1(C)c2ccccc2-c2ccc(N(c3ccc4c(c3)-c3ccccc3C43C4CC5CC(C4)CC3C5)c3cccc4c3-c3ccccc3C4(C)C)cc21. The Hall–Kier alpha value is -4.88. The number of rotatable bonds is 3. The van der Waals surface area contributed by atoms with Gasteiger partial charge in [0.15, 0.2) is 0 Å². The Kier molecular flexibility index (Phi) is 5.88. The van der Waals surface area contributed by atoms with Gasteiger partial charge in [-0.3, -0.25) is 0 Å². The van der Waals surface area contributed by atoms with E-state index in [1.165, 1.54) is 105 Å². The van der Waals surface area contributed by atoms with E-state index in [0.29, 0.717) is 0 Å². The minimum absolute atomic E-state index is 0.0715. The average Bonchev–Trinajstić information content (AvgIpc) is 3.69. The summed E-state index contributed by atoms with van der Waals surface area (Å²) in [6.45, 7) is 9.61. The molecular weight excluding hydrogens is 639 g/mol. The van der Waals surface area contributed by atoms with Gasteiger partial charge in [-0.1, -0.05) is 125 Å². The van der Waals surface area contributed by atoms with Crippen molar-refractivity contribution in [1.82, 2.24) is 0 Å². The van der Waals surface area contributed by atoms with Crippen molar-refractivity contribution < 1.29 is 0 Å². The van der Waals surface area contributed by atoms with Gasteiger partial charge in [-0.05, 0) is 147 Å². The molecule has 0 N–H and O–H groups in total. The Bertz CT molecular complexity index is 2520. The molecule has 0 heterocycles. The van der Waals surface area contributed by atoms with E-state index in [9.17, 15) is 0 Å². The van der Waals surface area contributed by atoms with Gasteiger partial charge in [-0.2, -0.15) is 0 Å². The fourth-order valence-electron chi connectivity index (χ4n) is 13.5. The summed E-state index contributed by atoms with van der Waals surface area (Å²) in [5, 5.41) is 0. The highest BCUT2D eigenvalue weighted by molar-refractivity contribution is 5.97. The standard InChI is InChI=1S/C52H47N/c1-50(2)43-16-9-7-14-40(43)49-46(50)18-11-19-48(49)53(36-20-22-39-37-12-5-8-15-42(37)51(3,4)47(39)30-36)35-21-23-45-41(29-35)38-13-6-10-17-44(38)52(45)33-25-31-24-32(27-33)28-34(52)26-31/h5-23,29-34H,24-28H2,1-4H3. The topological polar surface area (TPSA) is 3.24 Å². The first-order valence-corrected chi connectivity index (χ1v) is 20.3. The molecule has 1 spiro atoms. The Morgan fingerprint density at radius 1 is 0.415 bits per heavy atom. The lowest BCUT2D eigenvalue weighted by molar-refractivity contribution is -0.0399. The third-order valence-corrected chi connectivity index (χ3v) is 15.4. The maximum atomic E-state index is 2.61. The highest BCUT2D eigenvalue weighted by atomic mass is 15.1. The lowest BCUT2D eigenvalue weighted by Gasteiger charge is -2.61. The lowest BCUT2D eigenvalue weighted by Crippen LogP contribution is -2.55. The number of anilines is 3. The van der Waals surface area contributed by atoms with Crippen LogP contribution in [-0.2, 0) is 16.2 Å². The van der Waals surface area contributed by atoms with Crippen LogP contribution >= 0.6 is 0 Å². The second-order valence-electron chi connectivity index (χ2n) is 18.6. The van der Waals surface area contributed by atoms with Crippen LogP contribution in [0, 0.1) is 23.7 Å². The van der Waals surface area contributed by atoms with E-state index >= 15 is 0 Å². The number of hydrogen-bond acceptors (Lipinski definition) is 1. The molecule has 7 aliphatic rings. The number of hydrogen-bond donors (Lipinski definition) is 0. The fourth-order valence-corrected chi connectivity index (χ4v) is 13.5. The molecule has 1 nitrogen and oxygen atoms in total. The average molecular weight is 686 g/mol. The van der Waals surface area contributed by atoms with Crippen molar-refractivity contribution in [2.75, 3.05) is 4.90 Å². The van der Waals surface area contributed by atoms with Crippen LogP contribution < -0.4 is 4.90 Å². The summed E-state index contributed by atoms with van der Waals surface area (Å²) in [7, 11) is 0. The van der Waals surface area contributed by atoms with E-state index in [1.54, 1.807) is 11.1 Å². The van der Waals surface area contributed by atoms with Crippen LogP contribution in [0.4, 0.5) is 17.1 Å². The Labute approximate surface area is 314 Å². The van der Waals surface area contributed by atoms with Crippen molar-refractivity contribution in [1.29, 1.82) is 0 Å². The quantitative estimate of drug-likeness (QED) is 0.179. The molecule has 4 bridgehead atoms. The molecule has 1 heteroatoms. The largest absolute Gasteiger partial charge is 0.310 e. The van der Waals surface area contributed by atoms with Crippen molar-refractivity contribution in [3.8, 4) is 33.4 Å². The highest BCUT2D eigenvalue weighted by Crippen LogP contribution is 2.69. The number of nitrogens with zero attached hydrogens (tertiary/aromatic N) is 1. The summed E-state index contributed by atoms with van der Waals surface area (Å²) >= 11 is 0. The van der Waals surface area contributed by atoms with Crippen molar-refractivity contribution >= 4 is 17.1 Å². The molecule has 0 atom stereocenters. The third kappa shape index (κ3) is 3.74. The van der Waals surface area contributed by atoms with Crippen LogP contribution in [0.15, 0.2) is 127 Å². The molecule has 6 aromatic rings. The van der Waals surface area contributed by atoms with Crippen LogP contribution in [-0.4, -0.2) is 0 Å². The first-order valence-electron chi connectivity index (χ1n) is 20.3. The predicted octanol–water partition coefficient (Wildman–Crippen LogP) is 13.5. The van der Waals surface area contributed by atoms with Gasteiger partial charge in [0.25, 0.3) is 0 Å². The van der Waals surface area contributed by atoms with Gasteiger partial charge in [0.1, 0.15) is 0 Å². The molecule has 53 heavy (non-hydrogen) atoms. The van der Waals surface area contributed by atoms with E-state index in [1.807, 2.05) is 0 Å². The van der Waals surface area contributed by atoms with E-state index < -0.39 is 0 Å². The summed E-state index contributed by atoms with van der Waals surface area (Å²) in [4.78, 5) is 2.61. The van der Waals surface area contributed by atoms with Crippen molar-refractivity contribution in [3.05, 3.63) is 161 Å². The zero-order chi connectivity index (χ0) is 35.4. The first kappa shape index (κ1) is 30.6. The smallest absolute Gasteiger partial charge is 0.0543 e. The van der Waals surface area contributed by atoms with E-state index in [0.717, 1.165) is 23.7 Å². The minimum atomic E-state index is -0.0798. The molecule has 0 aliphatic heterocycles. The van der Waals surface area contributed by atoms with Crippen LogP contribution in [0.25, 0.3) is 33.4 Å². The second-order valence-corrected chi connectivity index (χ2v) is 18.6. The summed E-state index contributed by atoms with van der Waals surface area (Å²) in [5.41, 5.74) is 21.1. The Morgan fingerprint density at radius 2 is 0.925 bits per heavy atom. The number of benzene rings is 6. The second kappa shape index (κ2) is 10.2. The zero-order valence-corrected chi connectivity index (χ0v) is 31.4. The van der Waals surface area contributed by atoms with Crippen molar-refractivity contribution in [2.45, 2.75) is 76.0 Å². The van der Waals surface area contributed by atoms with Gasteiger partial charge < -0.3 is 4.90 Å². The molecule has 0 unspecified atom stereocenters. The summed E-state index contributed by atoms with van der Waals surface area (Å²) in [6, 6.07) is 49.7. The van der Waals surface area contributed by atoms with Gasteiger partial charge in [-0.15, -0.1) is 0 Å². The fraction of sp³-hybridized carbons (Fsp3) is 0.308. The molecule has 0 saturated heterocycles. The van der Waals surface area contributed by atoms with Gasteiger partial charge in [0.05, 0.1) is 5.69 Å². The Morgan fingerprint density at radius 3 is 1.64 bits per heavy atom. The zero-order valence-electron chi connectivity index (χ0n) is 31.4. The Balaban J connectivity index is 1.10. The van der Waals surface area contributed by atoms with Crippen LogP contribution in [0.5, 0.6) is 0 Å². The van der Waals surface area contributed by atoms with Gasteiger partial charge in [0, 0.05) is 33.2 Å². The van der Waals surface area contributed by atoms with Gasteiger partial charge >= 0.3 is 0 Å². The predicted molar refractivity (Wildman–Crippen MR) is 220 cm³/mol. The van der Waals surface area contributed by atoms with Crippen LogP contribution in [0.1, 0.15) is 93.2 Å². The molecule has 7 aliphatic carbocycles. The molecular formula is C52H47N. The number of fused-ring (bicyclic) bond motifs is 9. The van der Waals surface area contributed by atoms with Gasteiger partial charge in [-0.25, -0.2) is 0 Å². The van der Waals surface area contributed by atoms with Crippen molar-refractivity contribution in [2.24, 2.45) is 23.7 Å². The first-order chi connectivity index (χ1) is 25.8. The normalized spacial score (nSPS) is 26.5. The maximum Gasteiger partial charge on any atom is 0.0543 e. The van der Waals surface area contributed by atoms with Crippen molar-refractivity contribution in [3.63, 3.8) is 0 Å². The molecule has 0 amide bonds. The highest BCUT2D eigenvalue weighted by Gasteiger charge is 2.61. The maximum absolute atomic E-state index is 2.61. The molecule has 4 fully saturated rings. The van der Waals surface area contributed by atoms with E-state index in [2.05, 4.69) is 160 Å².